The standard InChI is InChI=1S/C13H15ClO3/c1-15-11-8-10(6-4-5-7-14)9-12(16-2)13(11)17-3/h8-9H,6-7H2,1-3H3. The predicted octanol–water partition coefficient (Wildman–Crippen LogP) is 2.50. The van der Waals surface area contributed by atoms with Crippen LogP contribution in [0.3, 0.4) is 0 Å². The average molecular weight is 255 g/mol. The fraction of sp³-hybridized carbons (Fsp3) is 0.385. The van der Waals surface area contributed by atoms with Crippen LogP contribution in [0.15, 0.2) is 12.1 Å². The number of ether oxygens (including phenoxy) is 3. The maximum Gasteiger partial charge on any atom is 0.203 e. The van der Waals surface area contributed by atoms with Crippen molar-refractivity contribution in [2.24, 2.45) is 0 Å². The summed E-state index contributed by atoms with van der Waals surface area (Å²) in [6.45, 7) is 0. The molecule has 0 aliphatic carbocycles. The molecule has 1 aromatic rings. The van der Waals surface area contributed by atoms with Crippen LogP contribution < -0.4 is 14.2 Å². The molecule has 0 radical (unpaired) electrons. The predicted molar refractivity (Wildman–Crippen MR) is 68.3 cm³/mol. The van der Waals surface area contributed by atoms with Crippen LogP contribution in [0.4, 0.5) is 0 Å². The number of methoxy groups -OCH3 is 3. The maximum atomic E-state index is 5.49. The Kier molecular flexibility index (Phi) is 5.51. The molecular weight excluding hydrogens is 240 g/mol. The second-order valence-corrected chi connectivity index (χ2v) is 3.46. The van der Waals surface area contributed by atoms with E-state index in [1.165, 1.54) is 0 Å². The molecule has 0 heterocycles. The molecule has 0 bridgehead atoms. The van der Waals surface area contributed by atoms with Crippen molar-refractivity contribution in [2.75, 3.05) is 27.2 Å². The summed E-state index contributed by atoms with van der Waals surface area (Å²) in [5.41, 5.74) is 0.997. The summed E-state index contributed by atoms with van der Waals surface area (Å²) in [7, 11) is 4.75. The summed E-state index contributed by atoms with van der Waals surface area (Å²) in [4.78, 5) is 0. The first-order valence-electron chi connectivity index (χ1n) is 5.07. The van der Waals surface area contributed by atoms with Gasteiger partial charge in [-0.3, -0.25) is 0 Å². The molecule has 0 aromatic heterocycles. The van der Waals surface area contributed by atoms with Crippen LogP contribution in [0, 0.1) is 11.8 Å². The third-order valence-electron chi connectivity index (χ3n) is 2.21. The minimum Gasteiger partial charge on any atom is -0.493 e. The van der Waals surface area contributed by atoms with Crippen LogP contribution in [0.2, 0.25) is 0 Å². The third kappa shape index (κ3) is 3.47. The van der Waals surface area contributed by atoms with Gasteiger partial charge in [0.05, 0.1) is 27.2 Å². The van der Waals surface area contributed by atoms with Gasteiger partial charge < -0.3 is 14.2 Å². The molecule has 92 valence electrons. The summed E-state index contributed by atoms with van der Waals surface area (Å²) in [6.07, 6.45) is 0.601. The summed E-state index contributed by atoms with van der Waals surface area (Å²) in [6, 6.07) is 3.76. The van der Waals surface area contributed by atoms with Gasteiger partial charge in [-0.25, -0.2) is 0 Å². The zero-order chi connectivity index (χ0) is 12.7. The van der Waals surface area contributed by atoms with Crippen LogP contribution in [-0.4, -0.2) is 27.2 Å². The highest BCUT2D eigenvalue weighted by atomic mass is 35.5. The molecule has 0 aliphatic rings. The van der Waals surface area contributed by atoms with E-state index in [1.54, 1.807) is 21.3 Å². The molecule has 0 unspecified atom stereocenters. The van der Waals surface area contributed by atoms with Crippen molar-refractivity contribution < 1.29 is 14.2 Å². The topological polar surface area (TPSA) is 27.7 Å². The molecule has 17 heavy (non-hydrogen) atoms. The Labute approximate surface area is 107 Å². The van der Waals surface area contributed by atoms with Gasteiger partial charge in [0.25, 0.3) is 0 Å². The molecule has 1 rings (SSSR count). The zero-order valence-electron chi connectivity index (χ0n) is 10.2. The highest BCUT2D eigenvalue weighted by Crippen LogP contribution is 2.38. The Morgan fingerprint density at radius 3 is 2.00 bits per heavy atom. The van der Waals surface area contributed by atoms with Gasteiger partial charge in [0.15, 0.2) is 11.5 Å². The molecule has 0 fully saturated rings. The van der Waals surface area contributed by atoms with E-state index < -0.39 is 0 Å². The summed E-state index contributed by atoms with van der Waals surface area (Å²) < 4.78 is 15.7. The number of rotatable bonds is 4. The second-order valence-electron chi connectivity index (χ2n) is 3.20. The lowest BCUT2D eigenvalue weighted by atomic mass is 10.1. The van der Waals surface area contributed by atoms with Crippen molar-refractivity contribution >= 4 is 11.6 Å². The number of hydrogen-bond donors (Lipinski definition) is 0. The van der Waals surface area contributed by atoms with Crippen LogP contribution >= 0.6 is 11.6 Å². The Bertz CT molecular complexity index is 407. The monoisotopic (exact) mass is 254 g/mol. The fourth-order valence-electron chi connectivity index (χ4n) is 1.45. The molecular formula is C13H15ClO3. The summed E-state index contributed by atoms with van der Waals surface area (Å²) >= 11 is 5.49. The highest BCUT2D eigenvalue weighted by Gasteiger charge is 2.12. The lowest BCUT2D eigenvalue weighted by Gasteiger charge is -2.13. The number of hydrogen-bond acceptors (Lipinski definition) is 3. The number of halogens is 1. The number of benzene rings is 1. The summed E-state index contributed by atoms with van der Waals surface area (Å²) in [5.74, 6) is 7.95. The van der Waals surface area contributed by atoms with Crippen LogP contribution in [0.5, 0.6) is 17.2 Å². The minimum absolute atomic E-state index is 0.338. The SMILES string of the molecule is COc1cc(CC#CCCl)cc(OC)c1OC. The van der Waals surface area contributed by atoms with Gasteiger partial charge in [0.1, 0.15) is 0 Å². The lowest BCUT2D eigenvalue weighted by Crippen LogP contribution is -1.96. The van der Waals surface area contributed by atoms with Gasteiger partial charge in [0, 0.05) is 6.42 Å². The molecule has 0 N–H and O–H groups in total. The van der Waals surface area contributed by atoms with Gasteiger partial charge in [-0.05, 0) is 17.7 Å². The Morgan fingerprint density at radius 2 is 1.59 bits per heavy atom. The van der Waals surface area contributed by atoms with Crippen LogP contribution in [0.1, 0.15) is 5.56 Å². The Hall–Kier alpha value is -1.53. The van der Waals surface area contributed by atoms with Crippen LogP contribution in [-0.2, 0) is 6.42 Å². The van der Waals surface area contributed by atoms with Gasteiger partial charge in [0.2, 0.25) is 5.75 Å². The number of alkyl halides is 1. The molecule has 4 heteroatoms. The van der Waals surface area contributed by atoms with Gasteiger partial charge in [-0.2, -0.15) is 0 Å². The van der Waals surface area contributed by atoms with Crippen LogP contribution in [0.25, 0.3) is 0 Å². The first kappa shape index (κ1) is 13.5. The maximum absolute atomic E-state index is 5.49. The van der Waals surface area contributed by atoms with E-state index in [0.29, 0.717) is 29.5 Å². The Morgan fingerprint density at radius 1 is 1.00 bits per heavy atom. The third-order valence-corrected chi connectivity index (χ3v) is 2.34. The first-order valence-corrected chi connectivity index (χ1v) is 5.60. The molecule has 1 aromatic carbocycles. The normalized spacial score (nSPS) is 9.18. The van der Waals surface area contributed by atoms with Gasteiger partial charge >= 0.3 is 0 Å². The molecule has 0 saturated carbocycles. The largest absolute Gasteiger partial charge is 0.493 e. The second kappa shape index (κ2) is 6.93. The van der Waals surface area contributed by atoms with Crippen molar-refractivity contribution in [1.82, 2.24) is 0 Å². The van der Waals surface area contributed by atoms with Crippen molar-refractivity contribution in [3.05, 3.63) is 17.7 Å². The van der Waals surface area contributed by atoms with Crippen molar-refractivity contribution in [3.63, 3.8) is 0 Å². The van der Waals surface area contributed by atoms with E-state index in [-0.39, 0.29) is 0 Å². The molecule has 0 saturated heterocycles. The van der Waals surface area contributed by atoms with E-state index >= 15 is 0 Å². The average Bonchev–Trinajstić information content (AvgIpc) is 2.37. The molecule has 0 aliphatic heterocycles. The van der Waals surface area contributed by atoms with E-state index in [2.05, 4.69) is 11.8 Å². The van der Waals surface area contributed by atoms with Gasteiger partial charge in [-0.1, -0.05) is 11.8 Å². The molecule has 0 amide bonds. The minimum atomic E-state index is 0.338. The van der Waals surface area contributed by atoms with E-state index in [0.717, 1.165) is 5.56 Å². The van der Waals surface area contributed by atoms with Gasteiger partial charge in [-0.15, -0.1) is 11.6 Å². The molecule has 0 spiro atoms. The zero-order valence-corrected chi connectivity index (χ0v) is 10.9. The molecule has 3 nitrogen and oxygen atoms in total. The quantitative estimate of drug-likeness (QED) is 0.610. The van der Waals surface area contributed by atoms with Crippen molar-refractivity contribution in [2.45, 2.75) is 6.42 Å². The first-order chi connectivity index (χ1) is 8.26. The van der Waals surface area contributed by atoms with Crippen molar-refractivity contribution in [1.29, 1.82) is 0 Å². The van der Waals surface area contributed by atoms with E-state index in [1.807, 2.05) is 12.1 Å². The van der Waals surface area contributed by atoms with E-state index in [9.17, 15) is 0 Å². The molecule has 0 atom stereocenters. The van der Waals surface area contributed by atoms with Crippen molar-refractivity contribution in [3.8, 4) is 29.1 Å². The summed E-state index contributed by atoms with van der Waals surface area (Å²) in [5, 5.41) is 0. The fourth-order valence-corrected chi connectivity index (χ4v) is 1.54. The lowest BCUT2D eigenvalue weighted by molar-refractivity contribution is 0.324. The highest BCUT2D eigenvalue weighted by molar-refractivity contribution is 6.19. The van der Waals surface area contributed by atoms with E-state index in [4.69, 9.17) is 25.8 Å². The Balaban J connectivity index is 3.08. The smallest absolute Gasteiger partial charge is 0.203 e.